The number of carbonyl (C=O) groups is 2. The average Bonchev–Trinajstić information content (AvgIpc) is 2.65. The van der Waals surface area contributed by atoms with Gasteiger partial charge in [0, 0.05) is 5.70 Å². The number of ether oxygens (including phenoxy) is 3. The minimum Gasteiger partial charge on any atom is -0.493 e. The van der Waals surface area contributed by atoms with Crippen LogP contribution in [0.15, 0.2) is 29.5 Å². The maximum atomic E-state index is 12.6. The molecule has 27 heavy (non-hydrogen) atoms. The minimum atomic E-state index is -0.623. The fourth-order valence-electron chi connectivity index (χ4n) is 2.80. The highest BCUT2D eigenvalue weighted by Gasteiger charge is 2.32. The zero-order chi connectivity index (χ0) is 19.8. The number of nitrogens with one attached hydrogen (secondary N) is 2. The molecule has 1 aliphatic heterocycles. The summed E-state index contributed by atoms with van der Waals surface area (Å²) in [5.41, 5.74) is 1.58. The molecule has 2 amide bonds. The summed E-state index contributed by atoms with van der Waals surface area (Å²) in [5.74, 6) is 0.727. The van der Waals surface area contributed by atoms with Gasteiger partial charge in [0.05, 0.1) is 31.9 Å². The summed E-state index contributed by atoms with van der Waals surface area (Å²) in [6, 6.07) is 4.38. The maximum Gasteiger partial charge on any atom is 0.338 e. The van der Waals surface area contributed by atoms with Crippen LogP contribution in [0.1, 0.15) is 51.6 Å². The van der Waals surface area contributed by atoms with Crippen LogP contribution < -0.4 is 20.1 Å². The van der Waals surface area contributed by atoms with Crippen molar-refractivity contribution in [3.63, 3.8) is 0 Å². The number of unbranched alkanes of at least 4 members (excludes halogenated alkanes) is 1. The second kappa shape index (κ2) is 9.85. The molecule has 0 saturated carbocycles. The van der Waals surface area contributed by atoms with Gasteiger partial charge in [0.25, 0.3) is 0 Å². The lowest BCUT2D eigenvalue weighted by atomic mass is 9.95. The van der Waals surface area contributed by atoms with Gasteiger partial charge in [0.1, 0.15) is 0 Å². The molecule has 0 aromatic heterocycles. The van der Waals surface area contributed by atoms with Gasteiger partial charge in [-0.2, -0.15) is 0 Å². The van der Waals surface area contributed by atoms with Crippen LogP contribution in [0.3, 0.4) is 0 Å². The van der Waals surface area contributed by atoms with Crippen LogP contribution in [0, 0.1) is 0 Å². The molecule has 0 fully saturated rings. The number of allylic oxidation sites excluding steroid dienone is 1. The molecule has 0 aliphatic carbocycles. The number of carbonyl (C=O) groups excluding carboxylic acids is 2. The Morgan fingerprint density at radius 2 is 1.93 bits per heavy atom. The highest BCUT2D eigenvalue weighted by molar-refractivity contribution is 5.95. The molecule has 1 aromatic rings. The van der Waals surface area contributed by atoms with Gasteiger partial charge in [-0.1, -0.05) is 26.3 Å². The molecular weight excluding hydrogens is 348 g/mol. The van der Waals surface area contributed by atoms with Crippen LogP contribution in [0.5, 0.6) is 11.5 Å². The van der Waals surface area contributed by atoms with Crippen molar-refractivity contribution < 1.29 is 23.8 Å². The normalized spacial score (nSPS) is 16.4. The predicted octanol–water partition coefficient (Wildman–Crippen LogP) is 3.46. The number of urea groups is 1. The van der Waals surface area contributed by atoms with Crippen molar-refractivity contribution in [2.75, 3.05) is 20.3 Å². The van der Waals surface area contributed by atoms with Crippen molar-refractivity contribution >= 4 is 12.0 Å². The van der Waals surface area contributed by atoms with E-state index in [1.807, 2.05) is 19.9 Å². The fraction of sp³-hybridized carbons (Fsp3) is 0.500. The average molecular weight is 376 g/mol. The molecule has 2 N–H and O–H groups in total. The predicted molar refractivity (Wildman–Crippen MR) is 102 cm³/mol. The Morgan fingerprint density at radius 3 is 2.59 bits per heavy atom. The second-order valence-corrected chi connectivity index (χ2v) is 6.32. The number of hydrogen-bond donors (Lipinski definition) is 2. The lowest BCUT2D eigenvalue weighted by molar-refractivity contribution is -0.139. The van der Waals surface area contributed by atoms with Gasteiger partial charge in [-0.3, -0.25) is 0 Å². The third-order valence-electron chi connectivity index (χ3n) is 4.20. The van der Waals surface area contributed by atoms with Crippen LogP contribution >= 0.6 is 0 Å². The highest BCUT2D eigenvalue weighted by atomic mass is 16.5. The summed E-state index contributed by atoms with van der Waals surface area (Å²) in [6.45, 7) is 6.67. The Morgan fingerprint density at radius 1 is 1.15 bits per heavy atom. The van der Waals surface area contributed by atoms with E-state index in [2.05, 4.69) is 10.6 Å². The Bertz CT molecular complexity index is 714. The molecule has 7 nitrogen and oxygen atoms in total. The number of hydrogen-bond acceptors (Lipinski definition) is 5. The largest absolute Gasteiger partial charge is 0.493 e. The molecule has 2 rings (SSSR count). The van der Waals surface area contributed by atoms with Gasteiger partial charge >= 0.3 is 12.0 Å². The number of rotatable bonds is 9. The fourth-order valence-corrected chi connectivity index (χ4v) is 2.80. The topological polar surface area (TPSA) is 85.9 Å². The van der Waals surface area contributed by atoms with E-state index < -0.39 is 12.0 Å². The van der Waals surface area contributed by atoms with E-state index in [1.165, 1.54) is 0 Å². The quantitative estimate of drug-likeness (QED) is 0.509. The first-order chi connectivity index (χ1) is 13.0. The van der Waals surface area contributed by atoms with Crippen molar-refractivity contribution in [1.29, 1.82) is 0 Å². The van der Waals surface area contributed by atoms with Crippen molar-refractivity contribution in [2.24, 2.45) is 0 Å². The molecule has 1 heterocycles. The standard InChI is InChI=1S/C20H28N2O5/c1-5-7-11-27-19(23)17-13(3)21-20(24)22-18(17)14-8-9-15(26-10-6-2)16(12-14)25-4/h8-9,12,18H,5-7,10-11H2,1-4H3,(H2,21,22,24). The van der Waals surface area contributed by atoms with E-state index in [9.17, 15) is 9.59 Å². The van der Waals surface area contributed by atoms with Crippen molar-refractivity contribution in [3.8, 4) is 11.5 Å². The Kier molecular flexibility index (Phi) is 7.52. The molecule has 1 unspecified atom stereocenters. The van der Waals surface area contributed by atoms with E-state index in [-0.39, 0.29) is 6.03 Å². The molecule has 1 aliphatic rings. The van der Waals surface area contributed by atoms with Crippen molar-refractivity contribution in [2.45, 2.75) is 46.1 Å². The van der Waals surface area contributed by atoms with Crippen LogP contribution in [0.4, 0.5) is 4.79 Å². The first-order valence-corrected chi connectivity index (χ1v) is 9.27. The number of methoxy groups -OCH3 is 1. The van der Waals surface area contributed by atoms with Gasteiger partial charge in [-0.25, -0.2) is 9.59 Å². The van der Waals surface area contributed by atoms with Crippen LogP contribution in [0.25, 0.3) is 0 Å². The summed E-state index contributed by atoms with van der Waals surface area (Å²) >= 11 is 0. The molecule has 0 radical (unpaired) electrons. The first kappa shape index (κ1) is 20.6. The van der Waals surface area contributed by atoms with E-state index in [0.717, 1.165) is 19.3 Å². The van der Waals surface area contributed by atoms with Gasteiger partial charge in [-0.15, -0.1) is 0 Å². The molecule has 7 heteroatoms. The third-order valence-corrected chi connectivity index (χ3v) is 4.20. The Labute approximate surface area is 160 Å². The first-order valence-electron chi connectivity index (χ1n) is 9.27. The van der Waals surface area contributed by atoms with Crippen LogP contribution in [0.2, 0.25) is 0 Å². The van der Waals surface area contributed by atoms with Gasteiger partial charge in [-0.05, 0) is 37.5 Å². The number of amides is 2. The third kappa shape index (κ3) is 5.15. The highest BCUT2D eigenvalue weighted by Crippen LogP contribution is 2.34. The summed E-state index contributed by atoms with van der Waals surface area (Å²) in [6.07, 6.45) is 2.60. The van der Waals surface area contributed by atoms with Gasteiger partial charge < -0.3 is 24.8 Å². The molecular formula is C20H28N2O5. The van der Waals surface area contributed by atoms with Crippen molar-refractivity contribution in [1.82, 2.24) is 10.6 Å². The smallest absolute Gasteiger partial charge is 0.338 e. The SMILES string of the molecule is CCCCOC(=O)C1=C(C)NC(=O)NC1c1ccc(OCCC)c(OC)c1. The van der Waals surface area contributed by atoms with Gasteiger partial charge in [0.15, 0.2) is 11.5 Å². The lowest BCUT2D eigenvalue weighted by Gasteiger charge is -2.28. The number of benzene rings is 1. The summed E-state index contributed by atoms with van der Waals surface area (Å²) < 4.78 is 16.5. The molecule has 1 atom stereocenters. The van der Waals surface area contributed by atoms with Crippen LogP contribution in [-0.2, 0) is 9.53 Å². The Balaban J connectivity index is 2.33. The minimum absolute atomic E-state index is 0.347. The van der Waals surface area contributed by atoms with Gasteiger partial charge in [0.2, 0.25) is 0 Å². The van der Waals surface area contributed by atoms with E-state index in [0.29, 0.717) is 41.5 Å². The van der Waals surface area contributed by atoms with Crippen LogP contribution in [-0.4, -0.2) is 32.3 Å². The zero-order valence-electron chi connectivity index (χ0n) is 16.4. The van der Waals surface area contributed by atoms with Crippen molar-refractivity contribution in [3.05, 3.63) is 35.0 Å². The Hall–Kier alpha value is -2.70. The van der Waals surface area contributed by atoms with E-state index in [4.69, 9.17) is 14.2 Å². The van der Waals surface area contributed by atoms with E-state index in [1.54, 1.807) is 26.2 Å². The summed E-state index contributed by atoms with van der Waals surface area (Å²) in [4.78, 5) is 24.6. The monoisotopic (exact) mass is 376 g/mol. The number of esters is 1. The molecule has 0 spiro atoms. The summed E-state index contributed by atoms with van der Waals surface area (Å²) in [5, 5.41) is 5.43. The molecule has 1 aromatic carbocycles. The molecule has 0 bridgehead atoms. The maximum absolute atomic E-state index is 12.6. The second-order valence-electron chi connectivity index (χ2n) is 6.32. The lowest BCUT2D eigenvalue weighted by Crippen LogP contribution is -2.45. The molecule has 148 valence electrons. The summed E-state index contributed by atoms with van der Waals surface area (Å²) in [7, 11) is 1.56. The molecule has 0 saturated heterocycles. The zero-order valence-corrected chi connectivity index (χ0v) is 16.4. The van der Waals surface area contributed by atoms with E-state index >= 15 is 0 Å².